The van der Waals surface area contributed by atoms with E-state index >= 15 is 0 Å². The summed E-state index contributed by atoms with van der Waals surface area (Å²) in [6.45, 7) is 6.71. The van der Waals surface area contributed by atoms with E-state index in [1.807, 2.05) is 6.07 Å². The minimum atomic E-state index is -3.99. The maximum atomic E-state index is 13.1. The monoisotopic (exact) mass is 483 g/mol. The molecule has 0 saturated heterocycles. The fourth-order valence-electron chi connectivity index (χ4n) is 2.75. The number of pyridine rings is 1. The van der Waals surface area contributed by atoms with E-state index in [1.54, 1.807) is 70.2 Å². The number of nitrogens with zero attached hydrogens (tertiary/aromatic N) is 3. The van der Waals surface area contributed by atoms with Gasteiger partial charge in [0.2, 0.25) is 0 Å². The van der Waals surface area contributed by atoms with Crippen LogP contribution in [0.2, 0.25) is 0 Å². The molecule has 33 heavy (non-hydrogen) atoms. The molecule has 2 N–H and O–H groups in total. The van der Waals surface area contributed by atoms with E-state index in [-0.39, 0.29) is 15.8 Å². The predicted octanol–water partition coefficient (Wildman–Crippen LogP) is 4.97. The summed E-state index contributed by atoms with van der Waals surface area (Å²) in [7, 11) is -3.99. The third kappa shape index (κ3) is 5.94. The average molecular weight is 484 g/mol. The van der Waals surface area contributed by atoms with Gasteiger partial charge in [0.25, 0.3) is 10.0 Å². The van der Waals surface area contributed by atoms with E-state index in [0.29, 0.717) is 33.2 Å². The summed E-state index contributed by atoms with van der Waals surface area (Å²) in [6.07, 6.45) is 0.898. The Hall–Kier alpha value is -3.75. The van der Waals surface area contributed by atoms with Crippen LogP contribution in [-0.4, -0.2) is 24.5 Å². The van der Waals surface area contributed by atoms with Crippen LogP contribution >= 0.6 is 11.3 Å². The maximum Gasteiger partial charge on any atom is 0.417 e. The summed E-state index contributed by atoms with van der Waals surface area (Å²) in [4.78, 5) is 20.5. The predicted molar refractivity (Wildman–Crippen MR) is 126 cm³/mol. The van der Waals surface area contributed by atoms with E-state index in [4.69, 9.17) is 10.00 Å². The molecule has 0 bridgehead atoms. The van der Waals surface area contributed by atoms with E-state index in [1.165, 1.54) is 0 Å². The molecule has 3 aromatic rings. The number of hydrogen-bond donors (Lipinski definition) is 2. The number of nitriles is 1. The zero-order valence-electron chi connectivity index (χ0n) is 18.3. The molecule has 0 atom stereocenters. The number of hydrogen-bond acceptors (Lipinski definition) is 8. The molecule has 0 spiro atoms. The number of carbonyl (C=O) groups excluding carboxylic acids is 1. The molecular weight excluding hydrogens is 462 g/mol. The van der Waals surface area contributed by atoms with Crippen molar-refractivity contribution >= 4 is 39.1 Å². The lowest BCUT2D eigenvalue weighted by Crippen LogP contribution is -2.17. The van der Waals surface area contributed by atoms with Gasteiger partial charge < -0.3 is 4.74 Å². The quantitative estimate of drug-likeness (QED) is 0.473. The first-order chi connectivity index (χ1) is 15.6. The van der Waals surface area contributed by atoms with Gasteiger partial charge in [-0.25, -0.2) is 23.2 Å². The highest BCUT2D eigenvalue weighted by Gasteiger charge is 2.23. The topological polar surface area (TPSA) is 134 Å². The van der Waals surface area contributed by atoms with Crippen molar-refractivity contribution in [3.05, 3.63) is 65.1 Å². The van der Waals surface area contributed by atoms with Crippen LogP contribution in [0, 0.1) is 25.2 Å². The van der Waals surface area contributed by atoms with E-state index in [2.05, 4.69) is 20.0 Å². The molecular formula is C22H21N5O4S2. The van der Waals surface area contributed by atoms with Gasteiger partial charge in [0, 0.05) is 5.56 Å². The number of aryl methyl sites for hydroxylation is 2. The molecule has 0 fully saturated rings. The zero-order chi connectivity index (χ0) is 24.2. The molecule has 0 radical (unpaired) electrons. The third-order valence-electron chi connectivity index (χ3n) is 4.36. The number of sulfonamides is 1. The minimum absolute atomic E-state index is 0.0424. The summed E-state index contributed by atoms with van der Waals surface area (Å²) in [5.74, 6) is 0.599. The third-order valence-corrected chi connectivity index (χ3v) is 7.53. The number of ether oxygens (including phenoxy) is 1. The minimum Gasteiger partial charge on any atom is -0.415 e. The van der Waals surface area contributed by atoms with E-state index in [9.17, 15) is 13.2 Å². The van der Waals surface area contributed by atoms with Crippen LogP contribution in [0.3, 0.4) is 0 Å². The number of benzene rings is 1. The summed E-state index contributed by atoms with van der Waals surface area (Å²) in [6, 6.07) is 11.9. The van der Waals surface area contributed by atoms with Gasteiger partial charge in [-0.1, -0.05) is 12.1 Å². The largest absolute Gasteiger partial charge is 0.417 e. The van der Waals surface area contributed by atoms with E-state index < -0.39 is 16.1 Å². The molecule has 2 heterocycles. The lowest BCUT2D eigenvalue weighted by Gasteiger charge is -2.10. The number of allylic oxidation sites excluding steroid dienone is 2. The fraction of sp³-hybridized carbons (Fsp3) is 0.182. The van der Waals surface area contributed by atoms with Crippen molar-refractivity contribution < 1.29 is 17.9 Å². The maximum absolute atomic E-state index is 13.1. The van der Waals surface area contributed by atoms with Crippen LogP contribution in [0.1, 0.15) is 30.7 Å². The van der Waals surface area contributed by atoms with Crippen molar-refractivity contribution in [1.82, 2.24) is 9.97 Å². The number of thiazole rings is 1. The Morgan fingerprint density at radius 1 is 1.15 bits per heavy atom. The smallest absolute Gasteiger partial charge is 0.415 e. The molecule has 0 saturated carbocycles. The van der Waals surface area contributed by atoms with Gasteiger partial charge in [-0.3, -0.25) is 10.0 Å². The first-order valence-electron chi connectivity index (χ1n) is 9.72. The fourth-order valence-corrected chi connectivity index (χ4v) is 5.26. The van der Waals surface area contributed by atoms with Crippen LogP contribution in [0.25, 0.3) is 10.6 Å². The van der Waals surface area contributed by atoms with Crippen molar-refractivity contribution in [3.63, 3.8) is 0 Å². The second-order valence-electron chi connectivity index (χ2n) is 7.02. The van der Waals surface area contributed by atoms with Gasteiger partial charge in [-0.2, -0.15) is 5.26 Å². The van der Waals surface area contributed by atoms with Crippen molar-refractivity contribution in [2.75, 3.05) is 10.0 Å². The Bertz CT molecular complexity index is 1370. The number of amides is 1. The van der Waals surface area contributed by atoms with Gasteiger partial charge in [-0.05, 0) is 63.6 Å². The van der Waals surface area contributed by atoms with Gasteiger partial charge in [-0.15, -0.1) is 11.3 Å². The molecule has 0 unspecified atom stereocenters. The molecule has 0 aliphatic rings. The molecule has 2 aromatic heterocycles. The van der Waals surface area contributed by atoms with Crippen molar-refractivity contribution in [2.45, 2.75) is 31.9 Å². The summed E-state index contributed by atoms with van der Waals surface area (Å²) >= 11 is 1.01. The van der Waals surface area contributed by atoms with Gasteiger partial charge in [0.1, 0.15) is 22.4 Å². The summed E-state index contributed by atoms with van der Waals surface area (Å²) in [5, 5.41) is 11.9. The van der Waals surface area contributed by atoms with Crippen LogP contribution in [0.15, 0.2) is 52.4 Å². The Balaban J connectivity index is 1.84. The average Bonchev–Trinajstić information content (AvgIpc) is 3.15. The molecule has 1 amide bonds. The van der Waals surface area contributed by atoms with Gasteiger partial charge in [0.05, 0.1) is 17.3 Å². The van der Waals surface area contributed by atoms with Crippen LogP contribution in [0.5, 0.6) is 0 Å². The van der Waals surface area contributed by atoms with Crippen molar-refractivity contribution in [1.29, 1.82) is 5.26 Å². The molecule has 170 valence electrons. The zero-order valence-corrected chi connectivity index (χ0v) is 20.0. The van der Waals surface area contributed by atoms with Crippen molar-refractivity contribution in [2.24, 2.45) is 0 Å². The Morgan fingerprint density at radius 2 is 1.82 bits per heavy atom. The number of anilines is 2. The molecule has 0 aliphatic carbocycles. The number of nitrogens with one attached hydrogen (secondary N) is 2. The van der Waals surface area contributed by atoms with Gasteiger partial charge in [0.15, 0.2) is 4.21 Å². The number of aromatic nitrogens is 2. The first kappa shape index (κ1) is 23.9. The standard InChI is InChI=1S/C22H21N5O4S2/c1-5-14(3)31-22(28)26-18-10-13(2)11-19(25-18)27-33(29,30)21-15(4)24-20(32-21)17-8-6-16(12-23)7-9-17/h5-11H,1-4H3,(H2,25,26,27,28)/b14-5+. The van der Waals surface area contributed by atoms with Crippen LogP contribution in [-0.2, 0) is 14.8 Å². The first-order valence-corrected chi connectivity index (χ1v) is 12.0. The summed E-state index contributed by atoms with van der Waals surface area (Å²) in [5.41, 5.74) is 2.23. The highest BCUT2D eigenvalue weighted by atomic mass is 32.2. The highest BCUT2D eigenvalue weighted by molar-refractivity contribution is 7.94. The second kappa shape index (κ2) is 9.81. The van der Waals surface area contributed by atoms with Crippen LogP contribution in [0.4, 0.5) is 16.4 Å². The molecule has 3 rings (SSSR count). The molecule has 0 aliphatic heterocycles. The lowest BCUT2D eigenvalue weighted by atomic mass is 10.1. The molecule has 11 heteroatoms. The lowest BCUT2D eigenvalue weighted by molar-refractivity contribution is 0.191. The molecule has 9 nitrogen and oxygen atoms in total. The normalized spacial score (nSPS) is 11.5. The number of carbonyl (C=O) groups is 1. The SMILES string of the molecule is C/C=C(\C)OC(=O)Nc1cc(C)cc(NS(=O)(=O)c2sc(-c3ccc(C#N)cc3)nc2C)n1. The second-order valence-corrected chi connectivity index (χ2v) is 9.89. The Morgan fingerprint density at radius 3 is 2.45 bits per heavy atom. The summed E-state index contributed by atoms with van der Waals surface area (Å²) < 4.78 is 33.6. The molecule has 1 aromatic carbocycles. The Labute approximate surface area is 195 Å². The number of rotatable bonds is 6. The van der Waals surface area contributed by atoms with Crippen molar-refractivity contribution in [3.8, 4) is 16.6 Å². The highest BCUT2D eigenvalue weighted by Crippen LogP contribution is 2.32. The van der Waals surface area contributed by atoms with Gasteiger partial charge >= 0.3 is 6.09 Å². The van der Waals surface area contributed by atoms with E-state index in [0.717, 1.165) is 11.3 Å². The Kier molecular flexibility index (Phi) is 7.10. The van der Waals surface area contributed by atoms with Crippen LogP contribution < -0.4 is 10.0 Å².